The molecule has 0 bridgehead atoms. The molecular formula is C11H13NO. The van der Waals surface area contributed by atoms with Crippen molar-refractivity contribution >= 4 is 5.71 Å². The Hall–Kier alpha value is -1.31. The molecule has 0 aromatic heterocycles. The van der Waals surface area contributed by atoms with Crippen molar-refractivity contribution in [1.82, 2.24) is 0 Å². The molecule has 1 aliphatic rings. The van der Waals surface area contributed by atoms with Gasteiger partial charge in [0.15, 0.2) is 0 Å². The molecule has 0 amide bonds. The van der Waals surface area contributed by atoms with E-state index in [-0.39, 0.29) is 0 Å². The number of benzene rings is 1. The van der Waals surface area contributed by atoms with Crippen LogP contribution in [0.4, 0.5) is 0 Å². The zero-order valence-corrected chi connectivity index (χ0v) is 7.53. The lowest BCUT2D eigenvalue weighted by Gasteiger charge is -2.02. The summed E-state index contributed by atoms with van der Waals surface area (Å²) in [5.41, 5.74) is 3.62. The van der Waals surface area contributed by atoms with Crippen LogP contribution >= 0.6 is 0 Å². The smallest absolute Gasteiger partial charge is 0.0614 e. The van der Waals surface area contributed by atoms with Crippen molar-refractivity contribution in [2.24, 2.45) is 5.16 Å². The van der Waals surface area contributed by atoms with Crippen LogP contribution in [0.15, 0.2) is 29.4 Å². The fourth-order valence-electron chi connectivity index (χ4n) is 1.85. The molecule has 0 heterocycles. The van der Waals surface area contributed by atoms with E-state index in [4.69, 9.17) is 5.21 Å². The summed E-state index contributed by atoms with van der Waals surface area (Å²) < 4.78 is 0. The predicted octanol–water partition coefficient (Wildman–Crippen LogP) is 2.40. The molecule has 68 valence electrons. The molecule has 0 saturated carbocycles. The Kier molecular flexibility index (Phi) is 2.30. The van der Waals surface area contributed by atoms with Crippen molar-refractivity contribution in [3.05, 3.63) is 35.4 Å². The van der Waals surface area contributed by atoms with Gasteiger partial charge in [0.25, 0.3) is 0 Å². The van der Waals surface area contributed by atoms with Gasteiger partial charge >= 0.3 is 0 Å². The molecule has 13 heavy (non-hydrogen) atoms. The fourth-order valence-corrected chi connectivity index (χ4v) is 1.85. The minimum Gasteiger partial charge on any atom is -0.411 e. The third kappa shape index (κ3) is 1.72. The molecule has 2 heteroatoms. The van der Waals surface area contributed by atoms with E-state index in [0.29, 0.717) is 0 Å². The zero-order valence-electron chi connectivity index (χ0n) is 7.53. The van der Waals surface area contributed by atoms with Crippen LogP contribution < -0.4 is 0 Å². The first-order valence-corrected chi connectivity index (χ1v) is 4.67. The Bertz CT molecular complexity index is 331. The van der Waals surface area contributed by atoms with Gasteiger partial charge in [-0.15, -0.1) is 0 Å². The number of rotatable bonds is 0. The summed E-state index contributed by atoms with van der Waals surface area (Å²) in [5, 5.41) is 12.1. The Morgan fingerprint density at radius 1 is 1.08 bits per heavy atom. The van der Waals surface area contributed by atoms with Crippen molar-refractivity contribution in [2.45, 2.75) is 25.7 Å². The van der Waals surface area contributed by atoms with E-state index in [2.05, 4.69) is 23.4 Å². The monoisotopic (exact) mass is 175 g/mol. The molecule has 0 radical (unpaired) electrons. The summed E-state index contributed by atoms with van der Waals surface area (Å²) in [7, 11) is 0. The zero-order chi connectivity index (χ0) is 9.10. The SMILES string of the molecule is ON=C1CCCc2ccccc2C1. The first kappa shape index (κ1) is 8.30. The summed E-state index contributed by atoms with van der Waals surface area (Å²) in [5.74, 6) is 0. The number of hydrogen-bond donors (Lipinski definition) is 1. The van der Waals surface area contributed by atoms with Gasteiger partial charge in [0.2, 0.25) is 0 Å². The third-order valence-corrected chi connectivity index (χ3v) is 2.57. The highest BCUT2D eigenvalue weighted by Crippen LogP contribution is 2.18. The Labute approximate surface area is 77.9 Å². The number of aryl methyl sites for hydroxylation is 1. The maximum atomic E-state index is 8.73. The molecule has 1 aliphatic carbocycles. The highest BCUT2D eigenvalue weighted by Gasteiger charge is 2.11. The van der Waals surface area contributed by atoms with E-state index in [0.717, 1.165) is 31.4 Å². The molecular weight excluding hydrogens is 162 g/mol. The summed E-state index contributed by atoms with van der Waals surface area (Å²) in [6.07, 6.45) is 3.93. The number of hydrogen-bond acceptors (Lipinski definition) is 2. The molecule has 2 nitrogen and oxygen atoms in total. The van der Waals surface area contributed by atoms with Gasteiger partial charge in [-0.3, -0.25) is 0 Å². The topological polar surface area (TPSA) is 32.6 Å². The fraction of sp³-hybridized carbons (Fsp3) is 0.364. The van der Waals surface area contributed by atoms with Gasteiger partial charge in [0.1, 0.15) is 0 Å². The lowest BCUT2D eigenvalue weighted by molar-refractivity contribution is 0.316. The lowest BCUT2D eigenvalue weighted by atomic mass is 10.0. The molecule has 0 atom stereocenters. The molecule has 0 unspecified atom stereocenters. The van der Waals surface area contributed by atoms with Gasteiger partial charge < -0.3 is 5.21 Å². The molecule has 0 spiro atoms. The van der Waals surface area contributed by atoms with Crippen molar-refractivity contribution < 1.29 is 5.21 Å². The second-order valence-electron chi connectivity index (χ2n) is 3.47. The summed E-state index contributed by atoms with van der Waals surface area (Å²) >= 11 is 0. The van der Waals surface area contributed by atoms with Gasteiger partial charge in [-0.2, -0.15) is 0 Å². The minimum atomic E-state index is 0.812. The van der Waals surface area contributed by atoms with Gasteiger partial charge in [0.05, 0.1) is 5.71 Å². The average molecular weight is 175 g/mol. The molecule has 1 aromatic rings. The first-order valence-electron chi connectivity index (χ1n) is 4.67. The second-order valence-corrected chi connectivity index (χ2v) is 3.47. The first-order chi connectivity index (χ1) is 6.40. The van der Waals surface area contributed by atoms with Crippen LogP contribution in [-0.2, 0) is 12.8 Å². The number of nitrogens with zero attached hydrogens (tertiary/aromatic N) is 1. The molecule has 0 aliphatic heterocycles. The molecule has 2 rings (SSSR count). The maximum absolute atomic E-state index is 8.73. The second kappa shape index (κ2) is 3.60. The van der Waals surface area contributed by atoms with E-state index in [1.54, 1.807) is 0 Å². The van der Waals surface area contributed by atoms with Gasteiger partial charge in [-0.05, 0) is 30.4 Å². The molecule has 0 saturated heterocycles. The van der Waals surface area contributed by atoms with Crippen molar-refractivity contribution in [1.29, 1.82) is 0 Å². The Morgan fingerprint density at radius 2 is 1.85 bits per heavy atom. The van der Waals surface area contributed by atoms with Gasteiger partial charge in [-0.25, -0.2) is 0 Å². The quantitative estimate of drug-likeness (QED) is 0.366. The van der Waals surface area contributed by atoms with Crippen molar-refractivity contribution in [2.75, 3.05) is 0 Å². The van der Waals surface area contributed by atoms with E-state index in [1.165, 1.54) is 11.1 Å². The van der Waals surface area contributed by atoms with Crippen LogP contribution in [-0.4, -0.2) is 10.9 Å². The Morgan fingerprint density at radius 3 is 2.62 bits per heavy atom. The van der Waals surface area contributed by atoms with E-state index < -0.39 is 0 Å². The average Bonchev–Trinajstić information content (AvgIpc) is 2.38. The third-order valence-electron chi connectivity index (χ3n) is 2.57. The Balaban J connectivity index is 2.34. The van der Waals surface area contributed by atoms with Crippen LogP contribution in [0.3, 0.4) is 0 Å². The normalized spacial score (nSPS) is 19.5. The van der Waals surface area contributed by atoms with Crippen LogP contribution in [0.5, 0.6) is 0 Å². The van der Waals surface area contributed by atoms with Crippen LogP contribution in [0.25, 0.3) is 0 Å². The van der Waals surface area contributed by atoms with Gasteiger partial charge in [-0.1, -0.05) is 29.4 Å². The van der Waals surface area contributed by atoms with Crippen LogP contribution in [0.1, 0.15) is 24.0 Å². The molecule has 1 N–H and O–H groups in total. The van der Waals surface area contributed by atoms with Crippen LogP contribution in [0.2, 0.25) is 0 Å². The minimum absolute atomic E-state index is 0.812. The lowest BCUT2D eigenvalue weighted by Crippen LogP contribution is -2.00. The van der Waals surface area contributed by atoms with Crippen LogP contribution in [0, 0.1) is 0 Å². The van der Waals surface area contributed by atoms with Crippen molar-refractivity contribution in [3.8, 4) is 0 Å². The maximum Gasteiger partial charge on any atom is 0.0614 e. The van der Waals surface area contributed by atoms with Crippen molar-refractivity contribution in [3.63, 3.8) is 0 Å². The standard InChI is InChI=1S/C11H13NO/c13-12-11-7-3-6-9-4-1-2-5-10(9)8-11/h1-2,4-5,13H,3,6-8H2. The largest absolute Gasteiger partial charge is 0.411 e. The summed E-state index contributed by atoms with van der Waals surface area (Å²) in [6, 6.07) is 8.39. The number of oxime groups is 1. The van der Waals surface area contributed by atoms with E-state index >= 15 is 0 Å². The highest BCUT2D eigenvalue weighted by molar-refractivity contribution is 5.86. The predicted molar refractivity (Wildman–Crippen MR) is 52.3 cm³/mol. The summed E-state index contributed by atoms with van der Waals surface area (Å²) in [6.45, 7) is 0. The number of fused-ring (bicyclic) bond motifs is 1. The van der Waals surface area contributed by atoms with E-state index in [1.807, 2.05) is 6.07 Å². The van der Waals surface area contributed by atoms with E-state index in [9.17, 15) is 0 Å². The van der Waals surface area contributed by atoms with Gasteiger partial charge in [0, 0.05) is 6.42 Å². The molecule has 0 fully saturated rings. The molecule has 1 aromatic carbocycles. The summed E-state index contributed by atoms with van der Waals surface area (Å²) in [4.78, 5) is 0. The highest BCUT2D eigenvalue weighted by atomic mass is 16.4.